The van der Waals surface area contributed by atoms with Gasteiger partial charge in [-0.2, -0.15) is 0 Å². The Morgan fingerprint density at radius 1 is 1.30 bits per heavy atom. The lowest BCUT2D eigenvalue weighted by Crippen LogP contribution is -2.06. The fourth-order valence-electron chi connectivity index (χ4n) is 1.99. The average Bonchev–Trinajstić information content (AvgIpc) is 2.44. The fraction of sp³-hybridized carbons (Fsp3) is 0.267. The highest BCUT2D eigenvalue weighted by Gasteiger charge is 2.12. The number of nitrogens with one attached hydrogen (secondary N) is 1. The first-order valence-electron chi connectivity index (χ1n) is 6.30. The van der Waals surface area contributed by atoms with Crippen molar-refractivity contribution in [1.82, 2.24) is 4.98 Å². The molecule has 0 amide bonds. The molecule has 0 unspecified atom stereocenters. The van der Waals surface area contributed by atoms with Crippen LogP contribution in [0.15, 0.2) is 28.9 Å². The lowest BCUT2D eigenvalue weighted by Gasteiger charge is -2.14. The van der Waals surface area contributed by atoms with Gasteiger partial charge in [0.1, 0.15) is 5.75 Å². The highest BCUT2D eigenvalue weighted by Crippen LogP contribution is 2.29. The van der Waals surface area contributed by atoms with Gasteiger partial charge in [-0.05, 0) is 41.4 Å². The molecule has 0 radical (unpaired) electrons. The molecule has 0 saturated heterocycles. The van der Waals surface area contributed by atoms with Crippen LogP contribution in [0.3, 0.4) is 0 Å². The maximum absolute atomic E-state index is 10.1. The fourth-order valence-corrected chi connectivity index (χ4v) is 2.39. The van der Waals surface area contributed by atoms with E-state index in [9.17, 15) is 10.2 Å². The summed E-state index contributed by atoms with van der Waals surface area (Å²) in [5.74, 6) is 0.132. The molecular weight excluding hydrogens is 320 g/mol. The molecule has 0 saturated carbocycles. The second-order valence-corrected chi connectivity index (χ2v) is 5.44. The van der Waals surface area contributed by atoms with Gasteiger partial charge >= 0.3 is 0 Å². The van der Waals surface area contributed by atoms with Crippen molar-refractivity contribution >= 4 is 21.6 Å². The molecule has 0 atom stereocenters. The minimum atomic E-state index is -0.146. The van der Waals surface area contributed by atoms with Crippen molar-refractivity contribution in [1.29, 1.82) is 0 Å². The standard InChI is InChI=1S/C15H17BrN2O2/c1-9-4-3-5-13(14(9)16)18-7-12-11(8-19)6-17-10(2)15(12)20/h3-6,18-20H,7-8H2,1-2H3. The summed E-state index contributed by atoms with van der Waals surface area (Å²) in [5, 5.41) is 22.7. The summed E-state index contributed by atoms with van der Waals surface area (Å²) in [5.41, 5.74) is 3.94. The van der Waals surface area contributed by atoms with Crippen molar-refractivity contribution in [3.8, 4) is 5.75 Å². The summed E-state index contributed by atoms with van der Waals surface area (Å²) >= 11 is 3.54. The van der Waals surface area contributed by atoms with E-state index in [0.29, 0.717) is 23.4 Å². The van der Waals surface area contributed by atoms with Crippen LogP contribution in [0.25, 0.3) is 0 Å². The van der Waals surface area contributed by atoms with E-state index in [2.05, 4.69) is 26.2 Å². The van der Waals surface area contributed by atoms with E-state index in [4.69, 9.17) is 0 Å². The predicted molar refractivity (Wildman–Crippen MR) is 82.8 cm³/mol. The van der Waals surface area contributed by atoms with Gasteiger partial charge in [0, 0.05) is 34.0 Å². The minimum absolute atomic E-state index is 0.132. The highest BCUT2D eigenvalue weighted by atomic mass is 79.9. The Labute approximate surface area is 126 Å². The summed E-state index contributed by atoms with van der Waals surface area (Å²) in [4.78, 5) is 4.05. The molecule has 5 heteroatoms. The Morgan fingerprint density at radius 2 is 2.05 bits per heavy atom. The third kappa shape index (κ3) is 2.94. The number of hydrogen-bond acceptors (Lipinski definition) is 4. The number of pyridine rings is 1. The predicted octanol–water partition coefficient (Wildman–Crippen LogP) is 3.27. The molecule has 3 N–H and O–H groups in total. The molecular formula is C15H17BrN2O2. The zero-order chi connectivity index (χ0) is 14.7. The molecule has 2 rings (SSSR count). The smallest absolute Gasteiger partial charge is 0.142 e. The topological polar surface area (TPSA) is 65.4 Å². The van der Waals surface area contributed by atoms with Gasteiger partial charge < -0.3 is 15.5 Å². The van der Waals surface area contributed by atoms with Gasteiger partial charge in [-0.1, -0.05) is 12.1 Å². The molecule has 4 nitrogen and oxygen atoms in total. The third-order valence-electron chi connectivity index (χ3n) is 3.25. The number of aryl methyl sites for hydroxylation is 2. The van der Waals surface area contributed by atoms with E-state index >= 15 is 0 Å². The van der Waals surface area contributed by atoms with Crippen molar-refractivity contribution in [2.75, 3.05) is 5.32 Å². The Morgan fingerprint density at radius 3 is 2.75 bits per heavy atom. The number of aliphatic hydroxyl groups excluding tert-OH is 1. The van der Waals surface area contributed by atoms with Crippen molar-refractivity contribution in [2.24, 2.45) is 0 Å². The van der Waals surface area contributed by atoms with Gasteiger partial charge in [0.25, 0.3) is 0 Å². The Hall–Kier alpha value is -1.59. The Bertz CT molecular complexity index is 630. The van der Waals surface area contributed by atoms with E-state index in [1.54, 1.807) is 13.1 Å². The number of rotatable bonds is 4. The maximum Gasteiger partial charge on any atom is 0.142 e. The van der Waals surface area contributed by atoms with Gasteiger partial charge in [0.15, 0.2) is 0 Å². The number of halogens is 1. The number of aliphatic hydroxyl groups is 1. The summed E-state index contributed by atoms with van der Waals surface area (Å²) < 4.78 is 0.996. The normalized spacial score (nSPS) is 10.6. The second kappa shape index (κ2) is 6.24. The summed E-state index contributed by atoms with van der Waals surface area (Å²) in [6.07, 6.45) is 1.59. The van der Waals surface area contributed by atoms with Gasteiger partial charge in [-0.15, -0.1) is 0 Å². The molecule has 0 fully saturated rings. The molecule has 0 aliphatic rings. The zero-order valence-corrected chi connectivity index (χ0v) is 13.0. The van der Waals surface area contributed by atoms with Crippen LogP contribution in [0.5, 0.6) is 5.75 Å². The van der Waals surface area contributed by atoms with Gasteiger partial charge in [0.2, 0.25) is 0 Å². The first-order valence-corrected chi connectivity index (χ1v) is 7.10. The van der Waals surface area contributed by atoms with E-state index in [1.165, 1.54) is 0 Å². The molecule has 1 heterocycles. The molecule has 0 aliphatic heterocycles. The van der Waals surface area contributed by atoms with Crippen LogP contribution in [-0.4, -0.2) is 15.2 Å². The first-order chi connectivity index (χ1) is 9.54. The Balaban J connectivity index is 2.27. The highest BCUT2D eigenvalue weighted by molar-refractivity contribution is 9.10. The molecule has 106 valence electrons. The largest absolute Gasteiger partial charge is 0.506 e. The van der Waals surface area contributed by atoms with Crippen molar-refractivity contribution in [2.45, 2.75) is 27.0 Å². The van der Waals surface area contributed by atoms with Gasteiger partial charge in [0.05, 0.1) is 12.3 Å². The van der Waals surface area contributed by atoms with Crippen LogP contribution in [-0.2, 0) is 13.2 Å². The SMILES string of the molecule is Cc1cccc(NCc2c(CO)cnc(C)c2O)c1Br. The molecule has 1 aromatic heterocycles. The summed E-state index contributed by atoms with van der Waals surface area (Å²) in [7, 11) is 0. The van der Waals surface area contributed by atoms with Crippen LogP contribution in [0.4, 0.5) is 5.69 Å². The molecule has 0 bridgehead atoms. The van der Waals surface area contributed by atoms with E-state index in [-0.39, 0.29) is 12.4 Å². The lowest BCUT2D eigenvalue weighted by atomic mass is 10.1. The van der Waals surface area contributed by atoms with Crippen molar-refractivity contribution < 1.29 is 10.2 Å². The van der Waals surface area contributed by atoms with E-state index < -0.39 is 0 Å². The van der Waals surface area contributed by atoms with E-state index in [1.807, 2.05) is 25.1 Å². The van der Waals surface area contributed by atoms with Crippen LogP contribution >= 0.6 is 15.9 Å². The van der Waals surface area contributed by atoms with E-state index in [0.717, 1.165) is 15.7 Å². The van der Waals surface area contributed by atoms with Crippen LogP contribution < -0.4 is 5.32 Å². The molecule has 1 aromatic carbocycles. The number of nitrogens with zero attached hydrogens (tertiary/aromatic N) is 1. The summed E-state index contributed by atoms with van der Waals surface area (Å²) in [6.45, 7) is 4.03. The number of aromatic hydroxyl groups is 1. The zero-order valence-electron chi connectivity index (χ0n) is 11.4. The molecule has 20 heavy (non-hydrogen) atoms. The quantitative estimate of drug-likeness (QED) is 0.801. The van der Waals surface area contributed by atoms with Gasteiger partial charge in [-0.3, -0.25) is 4.98 Å². The molecule has 0 aliphatic carbocycles. The monoisotopic (exact) mass is 336 g/mol. The van der Waals surface area contributed by atoms with Crippen LogP contribution in [0, 0.1) is 13.8 Å². The molecule has 0 spiro atoms. The van der Waals surface area contributed by atoms with Crippen LogP contribution in [0.1, 0.15) is 22.4 Å². The maximum atomic E-state index is 10.1. The first kappa shape index (κ1) is 14.8. The lowest BCUT2D eigenvalue weighted by molar-refractivity contribution is 0.279. The molecule has 2 aromatic rings. The third-order valence-corrected chi connectivity index (χ3v) is 4.30. The average molecular weight is 337 g/mol. The minimum Gasteiger partial charge on any atom is -0.506 e. The number of anilines is 1. The number of benzene rings is 1. The van der Waals surface area contributed by atoms with Crippen LogP contribution in [0.2, 0.25) is 0 Å². The Kier molecular flexibility index (Phi) is 4.62. The number of aromatic nitrogens is 1. The summed E-state index contributed by atoms with van der Waals surface area (Å²) in [6, 6.07) is 5.94. The van der Waals surface area contributed by atoms with Crippen molar-refractivity contribution in [3.63, 3.8) is 0 Å². The van der Waals surface area contributed by atoms with Gasteiger partial charge in [-0.25, -0.2) is 0 Å². The van der Waals surface area contributed by atoms with Crippen molar-refractivity contribution in [3.05, 3.63) is 51.3 Å². The second-order valence-electron chi connectivity index (χ2n) is 4.64. The number of hydrogen-bond donors (Lipinski definition) is 3.